The van der Waals surface area contributed by atoms with E-state index < -0.39 is 5.60 Å². The molecule has 0 aromatic heterocycles. The second-order valence-electron chi connectivity index (χ2n) is 6.51. The van der Waals surface area contributed by atoms with E-state index in [1.807, 2.05) is 13.8 Å². The maximum Gasteiger partial charge on any atom is 0.252 e. The predicted molar refractivity (Wildman–Crippen MR) is 90.8 cm³/mol. The lowest BCUT2D eigenvalue weighted by atomic mass is 9.92. The molecule has 1 aromatic rings. The van der Waals surface area contributed by atoms with E-state index in [2.05, 4.69) is 5.32 Å². The molecule has 2 amide bonds. The van der Waals surface area contributed by atoms with Crippen LogP contribution >= 0.6 is 11.6 Å². The van der Waals surface area contributed by atoms with Crippen molar-refractivity contribution in [2.24, 2.45) is 5.92 Å². The fraction of sp³-hybridized carbons (Fsp3) is 0.529. The van der Waals surface area contributed by atoms with Gasteiger partial charge >= 0.3 is 0 Å². The second-order valence-corrected chi connectivity index (χ2v) is 6.91. The standard InChI is InChI=1S/C17H23ClN2O3/c1-11(2)17(3,23)10-19-16(22)13-9-12(6-7-14(13)18)20-8-4-5-15(20)21/h6-7,9,11,23H,4-5,8,10H2,1-3H3,(H,19,22). The zero-order chi connectivity index (χ0) is 17.2. The van der Waals surface area contributed by atoms with Crippen LogP contribution in [0.2, 0.25) is 5.02 Å². The SMILES string of the molecule is CC(C)C(C)(O)CNC(=O)c1cc(N2CCCC2=O)ccc1Cl. The number of aliphatic hydroxyl groups is 1. The second kappa shape index (κ2) is 6.89. The van der Waals surface area contributed by atoms with Crippen LogP contribution in [0.4, 0.5) is 5.69 Å². The Morgan fingerprint density at radius 2 is 2.17 bits per heavy atom. The summed E-state index contributed by atoms with van der Waals surface area (Å²) in [5.41, 5.74) is -0.00825. The van der Waals surface area contributed by atoms with E-state index >= 15 is 0 Å². The number of carbonyl (C=O) groups excluding carboxylic acids is 2. The molecule has 1 aliphatic rings. The molecular weight excluding hydrogens is 316 g/mol. The molecule has 0 aliphatic carbocycles. The van der Waals surface area contributed by atoms with Crippen molar-refractivity contribution in [2.45, 2.75) is 39.2 Å². The molecule has 0 radical (unpaired) electrons. The normalized spacial score (nSPS) is 17.5. The molecule has 1 atom stereocenters. The lowest BCUT2D eigenvalue weighted by Gasteiger charge is -2.28. The molecule has 2 rings (SSSR count). The van der Waals surface area contributed by atoms with Crippen LogP contribution in [0.15, 0.2) is 18.2 Å². The summed E-state index contributed by atoms with van der Waals surface area (Å²) in [5.74, 6) is -0.294. The van der Waals surface area contributed by atoms with Crippen LogP contribution in [0.1, 0.15) is 44.0 Å². The molecule has 1 aromatic carbocycles. The van der Waals surface area contributed by atoms with Crippen molar-refractivity contribution in [1.82, 2.24) is 5.32 Å². The van der Waals surface area contributed by atoms with Gasteiger partial charge in [0.05, 0.1) is 16.2 Å². The molecule has 23 heavy (non-hydrogen) atoms. The van der Waals surface area contributed by atoms with Gasteiger partial charge in [-0.1, -0.05) is 25.4 Å². The van der Waals surface area contributed by atoms with Gasteiger partial charge in [0, 0.05) is 25.2 Å². The summed E-state index contributed by atoms with van der Waals surface area (Å²) in [6.07, 6.45) is 1.35. The van der Waals surface area contributed by atoms with Crippen LogP contribution in [-0.2, 0) is 4.79 Å². The number of hydrogen-bond donors (Lipinski definition) is 2. The monoisotopic (exact) mass is 338 g/mol. The maximum atomic E-state index is 12.4. The summed E-state index contributed by atoms with van der Waals surface area (Å²) in [6, 6.07) is 5.00. The fourth-order valence-electron chi connectivity index (χ4n) is 2.33. The molecule has 1 fully saturated rings. The molecule has 5 nitrogen and oxygen atoms in total. The number of hydrogen-bond acceptors (Lipinski definition) is 3. The Bertz CT molecular complexity index is 614. The molecular formula is C17H23ClN2O3. The predicted octanol–water partition coefficient (Wildman–Crippen LogP) is 2.60. The highest BCUT2D eigenvalue weighted by atomic mass is 35.5. The minimum absolute atomic E-state index is 0.00632. The third-order valence-electron chi connectivity index (χ3n) is 4.43. The molecule has 0 spiro atoms. The number of benzene rings is 1. The largest absolute Gasteiger partial charge is 0.388 e. The van der Waals surface area contributed by atoms with Gasteiger partial charge in [-0.25, -0.2) is 0 Å². The van der Waals surface area contributed by atoms with Gasteiger partial charge in [0.1, 0.15) is 0 Å². The van der Waals surface area contributed by atoms with Gasteiger partial charge in [0.2, 0.25) is 5.91 Å². The van der Waals surface area contributed by atoms with E-state index in [0.717, 1.165) is 6.42 Å². The van der Waals surface area contributed by atoms with Crippen molar-refractivity contribution < 1.29 is 14.7 Å². The Morgan fingerprint density at radius 3 is 2.74 bits per heavy atom. The first-order valence-corrected chi connectivity index (χ1v) is 8.20. The highest BCUT2D eigenvalue weighted by molar-refractivity contribution is 6.34. The summed E-state index contributed by atoms with van der Waals surface area (Å²) in [6.45, 7) is 6.24. The third-order valence-corrected chi connectivity index (χ3v) is 4.76. The molecule has 0 saturated carbocycles. The number of carbonyl (C=O) groups is 2. The number of rotatable bonds is 5. The molecule has 6 heteroatoms. The zero-order valence-corrected chi connectivity index (χ0v) is 14.5. The molecule has 1 saturated heterocycles. The van der Waals surface area contributed by atoms with E-state index in [9.17, 15) is 14.7 Å². The smallest absolute Gasteiger partial charge is 0.252 e. The summed E-state index contributed by atoms with van der Waals surface area (Å²) in [5, 5.41) is 13.3. The highest BCUT2D eigenvalue weighted by Crippen LogP contribution is 2.26. The quantitative estimate of drug-likeness (QED) is 0.867. The molecule has 2 N–H and O–H groups in total. The third kappa shape index (κ3) is 4.03. The average Bonchev–Trinajstić information content (AvgIpc) is 2.91. The first-order valence-electron chi connectivity index (χ1n) is 7.83. The molecule has 126 valence electrons. The van der Waals surface area contributed by atoms with E-state index in [-0.39, 0.29) is 24.3 Å². The number of amides is 2. The lowest BCUT2D eigenvalue weighted by molar-refractivity contribution is -0.117. The first-order chi connectivity index (χ1) is 10.7. The fourth-order valence-corrected chi connectivity index (χ4v) is 2.54. The summed E-state index contributed by atoms with van der Waals surface area (Å²) >= 11 is 6.12. The molecule has 1 heterocycles. The minimum Gasteiger partial charge on any atom is -0.388 e. The van der Waals surface area contributed by atoms with Gasteiger partial charge in [-0.2, -0.15) is 0 Å². The Hall–Kier alpha value is -1.59. The zero-order valence-electron chi connectivity index (χ0n) is 13.7. The van der Waals surface area contributed by atoms with E-state index in [4.69, 9.17) is 11.6 Å². The van der Waals surface area contributed by atoms with E-state index in [1.54, 1.807) is 30.0 Å². The number of nitrogens with one attached hydrogen (secondary N) is 1. The van der Waals surface area contributed by atoms with Crippen LogP contribution < -0.4 is 10.2 Å². The van der Waals surface area contributed by atoms with Crippen LogP contribution in [0.5, 0.6) is 0 Å². The maximum absolute atomic E-state index is 12.4. The summed E-state index contributed by atoms with van der Waals surface area (Å²) in [7, 11) is 0. The highest BCUT2D eigenvalue weighted by Gasteiger charge is 2.27. The Kier molecular flexibility index (Phi) is 5.32. The lowest BCUT2D eigenvalue weighted by Crippen LogP contribution is -2.44. The van der Waals surface area contributed by atoms with E-state index in [0.29, 0.717) is 29.2 Å². The Morgan fingerprint density at radius 1 is 1.48 bits per heavy atom. The van der Waals surface area contributed by atoms with Gasteiger partial charge in [0.15, 0.2) is 0 Å². The van der Waals surface area contributed by atoms with Crippen LogP contribution in [0.3, 0.4) is 0 Å². The Balaban J connectivity index is 2.15. The van der Waals surface area contributed by atoms with Gasteiger partial charge in [-0.05, 0) is 37.5 Å². The van der Waals surface area contributed by atoms with Crippen LogP contribution in [-0.4, -0.2) is 35.6 Å². The minimum atomic E-state index is -0.995. The summed E-state index contributed by atoms with van der Waals surface area (Å²) in [4.78, 5) is 25.9. The number of halogens is 1. The molecule has 0 bridgehead atoms. The van der Waals surface area contributed by atoms with Crippen molar-refractivity contribution in [3.63, 3.8) is 0 Å². The van der Waals surface area contributed by atoms with E-state index in [1.165, 1.54) is 0 Å². The van der Waals surface area contributed by atoms with Gasteiger partial charge in [-0.3, -0.25) is 9.59 Å². The van der Waals surface area contributed by atoms with Crippen molar-refractivity contribution in [3.8, 4) is 0 Å². The number of nitrogens with zero attached hydrogens (tertiary/aromatic N) is 1. The van der Waals surface area contributed by atoms with Gasteiger partial charge in [0.25, 0.3) is 5.91 Å². The average molecular weight is 339 g/mol. The topological polar surface area (TPSA) is 69.6 Å². The number of anilines is 1. The summed E-state index contributed by atoms with van der Waals surface area (Å²) < 4.78 is 0. The van der Waals surface area contributed by atoms with Crippen LogP contribution in [0, 0.1) is 5.92 Å². The van der Waals surface area contributed by atoms with Gasteiger partial charge in [-0.15, -0.1) is 0 Å². The van der Waals surface area contributed by atoms with Crippen molar-refractivity contribution in [1.29, 1.82) is 0 Å². The molecule has 1 aliphatic heterocycles. The van der Waals surface area contributed by atoms with Gasteiger partial charge < -0.3 is 15.3 Å². The molecule has 1 unspecified atom stereocenters. The first kappa shape index (κ1) is 17.8. The van der Waals surface area contributed by atoms with Crippen molar-refractivity contribution in [2.75, 3.05) is 18.0 Å². The Labute approximate surface area is 141 Å². The van der Waals surface area contributed by atoms with Crippen molar-refractivity contribution in [3.05, 3.63) is 28.8 Å². The van der Waals surface area contributed by atoms with Crippen LogP contribution in [0.25, 0.3) is 0 Å². The van der Waals surface area contributed by atoms with Crippen molar-refractivity contribution >= 4 is 29.1 Å².